The summed E-state index contributed by atoms with van der Waals surface area (Å²) in [7, 11) is -3.75. The van der Waals surface area contributed by atoms with E-state index in [2.05, 4.69) is 9.82 Å². The second-order valence-electron chi connectivity index (χ2n) is 4.52. The number of hydrogen-bond donors (Lipinski definition) is 2. The van der Waals surface area contributed by atoms with Crippen molar-refractivity contribution >= 4 is 16.0 Å². The highest BCUT2D eigenvalue weighted by atomic mass is 32.2. The average Bonchev–Trinajstić information content (AvgIpc) is 2.88. The van der Waals surface area contributed by atoms with E-state index in [-0.39, 0.29) is 11.4 Å². The molecule has 0 bridgehead atoms. The third kappa shape index (κ3) is 3.89. The summed E-state index contributed by atoms with van der Waals surface area (Å²) >= 11 is 0. The molecule has 1 aromatic heterocycles. The first kappa shape index (κ1) is 15.2. The number of carbonyl (C=O) groups is 1. The molecule has 1 unspecified atom stereocenters. The van der Waals surface area contributed by atoms with Gasteiger partial charge in [0.05, 0.1) is 6.20 Å². The van der Waals surface area contributed by atoms with Gasteiger partial charge in [-0.05, 0) is 12.5 Å². The van der Waals surface area contributed by atoms with Gasteiger partial charge in [0, 0.05) is 12.2 Å². The van der Waals surface area contributed by atoms with Crippen LogP contribution in [0.3, 0.4) is 0 Å². The maximum absolute atomic E-state index is 12.2. The number of aromatic nitrogens is 2. The Labute approximate surface area is 122 Å². The number of sulfonamides is 1. The van der Waals surface area contributed by atoms with Gasteiger partial charge in [-0.2, -0.15) is 5.10 Å². The number of aliphatic carboxylic acids is 1. The molecule has 0 aliphatic heterocycles. The maximum atomic E-state index is 12.2. The first-order valence-electron chi connectivity index (χ1n) is 6.20. The third-order valence-electron chi connectivity index (χ3n) is 2.85. The zero-order valence-electron chi connectivity index (χ0n) is 11.3. The lowest BCUT2D eigenvalue weighted by Gasteiger charge is -2.13. The molecule has 1 atom stereocenters. The van der Waals surface area contributed by atoms with Crippen LogP contribution < -0.4 is 4.72 Å². The van der Waals surface area contributed by atoms with Crippen LogP contribution in [0.2, 0.25) is 0 Å². The molecule has 0 saturated carbocycles. The van der Waals surface area contributed by atoms with Gasteiger partial charge >= 0.3 is 5.97 Å². The van der Waals surface area contributed by atoms with E-state index in [0.717, 1.165) is 16.4 Å². The second kappa shape index (κ2) is 6.06. The number of rotatable bonds is 6. The van der Waals surface area contributed by atoms with Crippen molar-refractivity contribution in [2.24, 2.45) is 0 Å². The molecule has 0 radical (unpaired) electrons. The zero-order valence-corrected chi connectivity index (χ0v) is 12.1. The van der Waals surface area contributed by atoms with Crippen LogP contribution in [0.1, 0.15) is 18.5 Å². The number of carboxylic acids is 1. The molecule has 2 N–H and O–H groups in total. The fourth-order valence-electron chi connectivity index (χ4n) is 1.82. The van der Waals surface area contributed by atoms with Gasteiger partial charge in [0.25, 0.3) is 0 Å². The van der Waals surface area contributed by atoms with Crippen LogP contribution >= 0.6 is 0 Å². The Hall–Kier alpha value is -2.19. The monoisotopic (exact) mass is 309 g/mol. The van der Waals surface area contributed by atoms with Gasteiger partial charge in [-0.15, -0.1) is 0 Å². The lowest BCUT2D eigenvalue weighted by atomic mass is 10.1. The first-order chi connectivity index (χ1) is 9.88. The van der Waals surface area contributed by atoms with Crippen LogP contribution in [0.15, 0.2) is 47.6 Å². The minimum atomic E-state index is -3.75. The molecule has 0 amide bonds. The molecule has 0 aliphatic rings. The summed E-state index contributed by atoms with van der Waals surface area (Å²) in [6, 6.07) is 8.73. The minimum Gasteiger partial charge on any atom is -0.480 e. The highest BCUT2D eigenvalue weighted by Crippen LogP contribution is 2.16. The van der Waals surface area contributed by atoms with E-state index in [1.807, 2.05) is 30.3 Å². The van der Waals surface area contributed by atoms with Gasteiger partial charge in [-0.25, -0.2) is 13.1 Å². The quantitative estimate of drug-likeness (QED) is 0.829. The first-order valence-corrected chi connectivity index (χ1v) is 7.68. The molecular weight excluding hydrogens is 294 g/mol. The summed E-state index contributed by atoms with van der Waals surface area (Å²) in [6.07, 6.45) is 2.32. The van der Waals surface area contributed by atoms with Crippen molar-refractivity contribution in [2.75, 3.05) is 0 Å². The van der Waals surface area contributed by atoms with Gasteiger partial charge in [0.15, 0.2) is 0 Å². The highest BCUT2D eigenvalue weighted by Gasteiger charge is 2.20. The van der Waals surface area contributed by atoms with E-state index in [1.165, 1.54) is 6.20 Å². The van der Waals surface area contributed by atoms with E-state index < -0.39 is 22.0 Å². The van der Waals surface area contributed by atoms with Crippen molar-refractivity contribution in [1.82, 2.24) is 14.5 Å². The van der Waals surface area contributed by atoms with E-state index in [9.17, 15) is 13.2 Å². The van der Waals surface area contributed by atoms with Gasteiger partial charge < -0.3 is 5.11 Å². The zero-order chi connectivity index (χ0) is 15.5. The highest BCUT2D eigenvalue weighted by molar-refractivity contribution is 7.89. The molecular formula is C13H15N3O4S. The average molecular weight is 309 g/mol. The summed E-state index contributed by atoms with van der Waals surface area (Å²) in [6.45, 7) is 1.35. The third-order valence-corrected chi connectivity index (χ3v) is 4.34. The second-order valence-corrected chi connectivity index (χ2v) is 6.23. The van der Waals surface area contributed by atoms with Crippen molar-refractivity contribution in [3.63, 3.8) is 0 Å². The number of hydrogen-bond acceptors (Lipinski definition) is 4. The summed E-state index contributed by atoms with van der Waals surface area (Å²) in [5.74, 6) is -1.09. The molecule has 0 saturated heterocycles. The predicted molar refractivity (Wildman–Crippen MR) is 75.0 cm³/mol. The fourth-order valence-corrected chi connectivity index (χ4v) is 3.00. The lowest BCUT2D eigenvalue weighted by Crippen LogP contribution is -2.26. The molecule has 0 fully saturated rings. The van der Waals surface area contributed by atoms with Crippen molar-refractivity contribution < 1.29 is 18.3 Å². The van der Waals surface area contributed by atoms with E-state index in [1.54, 1.807) is 6.92 Å². The van der Waals surface area contributed by atoms with Crippen molar-refractivity contribution in [3.8, 4) is 0 Å². The minimum absolute atomic E-state index is 0.0634. The van der Waals surface area contributed by atoms with Crippen molar-refractivity contribution in [2.45, 2.75) is 24.4 Å². The Morgan fingerprint density at radius 1 is 1.38 bits per heavy atom. The van der Waals surface area contributed by atoms with Crippen LogP contribution in [0.5, 0.6) is 0 Å². The topological polar surface area (TPSA) is 101 Å². The van der Waals surface area contributed by atoms with Gasteiger partial charge in [0.2, 0.25) is 10.0 Å². The normalized spacial score (nSPS) is 13.0. The Kier molecular flexibility index (Phi) is 4.39. The van der Waals surface area contributed by atoms with Crippen LogP contribution in [0, 0.1) is 0 Å². The molecule has 112 valence electrons. The summed E-state index contributed by atoms with van der Waals surface area (Å²) in [5.41, 5.74) is 0.832. The standard InChI is InChI=1S/C13H15N3O4S/c1-10(11-5-3-2-4-6-11)15-21(19,20)12-7-14-16(8-12)9-13(17)18/h2-8,10,15H,9H2,1H3,(H,17,18). The predicted octanol–water partition coefficient (Wildman–Crippen LogP) is 1.01. The molecule has 1 heterocycles. The van der Waals surface area contributed by atoms with Crippen LogP contribution in [-0.4, -0.2) is 29.3 Å². The summed E-state index contributed by atoms with van der Waals surface area (Å²) in [4.78, 5) is 10.5. The smallest absolute Gasteiger partial charge is 0.325 e. The van der Waals surface area contributed by atoms with Gasteiger partial charge in [-0.1, -0.05) is 30.3 Å². The van der Waals surface area contributed by atoms with Gasteiger partial charge in [-0.3, -0.25) is 9.48 Å². The fraction of sp³-hybridized carbons (Fsp3) is 0.231. The molecule has 2 aromatic rings. The van der Waals surface area contributed by atoms with E-state index in [4.69, 9.17) is 5.11 Å². The number of carboxylic acid groups (broad SMARTS) is 1. The molecule has 1 aromatic carbocycles. The number of nitrogens with one attached hydrogen (secondary N) is 1. The molecule has 7 nitrogen and oxygen atoms in total. The van der Waals surface area contributed by atoms with E-state index in [0.29, 0.717) is 0 Å². The SMILES string of the molecule is CC(NS(=O)(=O)c1cnn(CC(=O)O)c1)c1ccccc1. The summed E-state index contributed by atoms with van der Waals surface area (Å²) < 4.78 is 28.0. The molecule has 0 aliphatic carbocycles. The Morgan fingerprint density at radius 2 is 2.05 bits per heavy atom. The molecule has 0 spiro atoms. The van der Waals surface area contributed by atoms with Crippen molar-refractivity contribution in [1.29, 1.82) is 0 Å². The maximum Gasteiger partial charge on any atom is 0.325 e. The van der Waals surface area contributed by atoms with Gasteiger partial charge in [0.1, 0.15) is 11.4 Å². The van der Waals surface area contributed by atoms with Crippen molar-refractivity contribution in [3.05, 3.63) is 48.3 Å². The largest absolute Gasteiger partial charge is 0.480 e. The number of benzene rings is 1. The van der Waals surface area contributed by atoms with Crippen LogP contribution in [0.25, 0.3) is 0 Å². The van der Waals surface area contributed by atoms with Crippen LogP contribution in [-0.2, 0) is 21.4 Å². The number of nitrogens with zero attached hydrogens (tertiary/aromatic N) is 2. The lowest BCUT2D eigenvalue weighted by molar-refractivity contribution is -0.137. The summed E-state index contributed by atoms with van der Waals surface area (Å²) in [5, 5.41) is 12.4. The molecule has 2 rings (SSSR count). The Morgan fingerprint density at radius 3 is 2.67 bits per heavy atom. The molecule has 8 heteroatoms. The van der Waals surface area contributed by atoms with Crippen LogP contribution in [0.4, 0.5) is 0 Å². The molecule has 21 heavy (non-hydrogen) atoms. The Balaban J connectivity index is 2.15. The Bertz CT molecular complexity index is 725. The van der Waals surface area contributed by atoms with E-state index >= 15 is 0 Å².